The first-order valence-corrected chi connectivity index (χ1v) is 11.5. The van der Waals surface area contributed by atoms with Crippen molar-refractivity contribution in [3.05, 3.63) is 45.1 Å². The number of thioether (sulfide) groups is 1. The third kappa shape index (κ3) is 3.80. The van der Waals surface area contributed by atoms with E-state index in [1.165, 1.54) is 46.0 Å². The highest BCUT2D eigenvalue weighted by molar-refractivity contribution is 8.00. The van der Waals surface area contributed by atoms with E-state index in [1.807, 2.05) is 20.8 Å². The Labute approximate surface area is 174 Å². The summed E-state index contributed by atoms with van der Waals surface area (Å²) in [7, 11) is 0. The Morgan fingerprint density at radius 3 is 2.57 bits per heavy atom. The van der Waals surface area contributed by atoms with Gasteiger partial charge in [-0.05, 0) is 70.1 Å². The fraction of sp³-hybridized carbons (Fsp3) is 0.409. The maximum absolute atomic E-state index is 12.7. The summed E-state index contributed by atoms with van der Waals surface area (Å²) in [5, 5.41) is 5.23. The number of hydrogen-bond acceptors (Lipinski definition) is 5. The van der Waals surface area contributed by atoms with Crippen LogP contribution in [0.4, 0.5) is 5.69 Å². The second-order valence-corrected chi connectivity index (χ2v) is 9.63. The standard InChI is InChI=1S/C22H25N3OS2/c1-12-9-13(2)20(14(3)10-12)25-18(26)11-27-21-19-16-7-5-6-8-17(16)28-22(19)24-15(4)23-21/h9-10H,5-8,11H2,1-4H3,(H,25,26). The molecule has 0 bridgehead atoms. The summed E-state index contributed by atoms with van der Waals surface area (Å²) in [6.45, 7) is 8.09. The van der Waals surface area contributed by atoms with Crippen LogP contribution >= 0.6 is 23.1 Å². The van der Waals surface area contributed by atoms with Gasteiger partial charge in [0.25, 0.3) is 0 Å². The van der Waals surface area contributed by atoms with Crippen LogP contribution in [0.2, 0.25) is 0 Å². The molecule has 4 rings (SSSR count). The molecule has 0 unspecified atom stereocenters. The number of amides is 1. The number of carbonyl (C=O) groups excluding carboxylic acids is 1. The van der Waals surface area contributed by atoms with Crippen molar-refractivity contribution < 1.29 is 4.79 Å². The fourth-order valence-corrected chi connectivity index (χ4v) is 6.29. The summed E-state index contributed by atoms with van der Waals surface area (Å²) < 4.78 is 0. The van der Waals surface area contributed by atoms with Crippen molar-refractivity contribution in [1.29, 1.82) is 0 Å². The molecule has 1 N–H and O–H groups in total. The van der Waals surface area contributed by atoms with Gasteiger partial charge in [0.2, 0.25) is 5.91 Å². The van der Waals surface area contributed by atoms with Crippen molar-refractivity contribution in [1.82, 2.24) is 9.97 Å². The molecular weight excluding hydrogens is 386 g/mol. The van der Waals surface area contributed by atoms with E-state index in [1.54, 1.807) is 11.3 Å². The van der Waals surface area contributed by atoms with Gasteiger partial charge in [0.05, 0.1) is 5.75 Å². The number of rotatable bonds is 4. The second kappa shape index (κ2) is 7.84. The van der Waals surface area contributed by atoms with Crippen LogP contribution in [-0.2, 0) is 17.6 Å². The molecule has 6 heteroatoms. The van der Waals surface area contributed by atoms with Gasteiger partial charge >= 0.3 is 0 Å². The molecule has 3 aromatic rings. The van der Waals surface area contributed by atoms with Crippen molar-refractivity contribution in [2.45, 2.75) is 58.4 Å². The van der Waals surface area contributed by atoms with E-state index in [9.17, 15) is 4.79 Å². The van der Waals surface area contributed by atoms with E-state index in [-0.39, 0.29) is 5.91 Å². The zero-order valence-electron chi connectivity index (χ0n) is 16.8. The summed E-state index contributed by atoms with van der Waals surface area (Å²) in [6.07, 6.45) is 4.73. The van der Waals surface area contributed by atoms with Gasteiger partial charge in [-0.15, -0.1) is 11.3 Å². The van der Waals surface area contributed by atoms with Gasteiger partial charge in [0.15, 0.2) is 0 Å². The molecule has 0 fully saturated rings. The normalized spacial score (nSPS) is 13.6. The Balaban J connectivity index is 1.56. The number of anilines is 1. The lowest BCUT2D eigenvalue weighted by molar-refractivity contribution is -0.113. The summed E-state index contributed by atoms with van der Waals surface area (Å²) in [4.78, 5) is 24.5. The van der Waals surface area contributed by atoms with Crippen LogP contribution in [0.5, 0.6) is 0 Å². The molecule has 2 heterocycles. The van der Waals surface area contributed by atoms with Crippen molar-refractivity contribution in [3.8, 4) is 0 Å². The minimum atomic E-state index is 0.00793. The fourth-order valence-electron chi connectivity index (χ4n) is 4.02. The molecule has 0 saturated carbocycles. The van der Waals surface area contributed by atoms with E-state index in [0.717, 1.165) is 45.3 Å². The molecule has 1 aliphatic carbocycles. The summed E-state index contributed by atoms with van der Waals surface area (Å²) >= 11 is 3.33. The number of benzene rings is 1. The molecule has 0 atom stereocenters. The van der Waals surface area contributed by atoms with Gasteiger partial charge in [-0.3, -0.25) is 4.79 Å². The highest BCUT2D eigenvalue weighted by Crippen LogP contribution is 2.39. The molecule has 4 nitrogen and oxygen atoms in total. The molecule has 0 radical (unpaired) electrons. The molecule has 28 heavy (non-hydrogen) atoms. The number of nitrogens with zero attached hydrogens (tertiary/aromatic N) is 2. The smallest absolute Gasteiger partial charge is 0.234 e. The van der Waals surface area contributed by atoms with Gasteiger partial charge in [-0.2, -0.15) is 0 Å². The minimum Gasteiger partial charge on any atom is -0.325 e. The van der Waals surface area contributed by atoms with E-state index < -0.39 is 0 Å². The number of aryl methyl sites for hydroxylation is 6. The summed E-state index contributed by atoms with van der Waals surface area (Å²) in [5.74, 6) is 1.14. The third-order valence-electron chi connectivity index (χ3n) is 5.17. The van der Waals surface area contributed by atoms with E-state index in [4.69, 9.17) is 0 Å². The Kier molecular flexibility index (Phi) is 5.43. The maximum atomic E-state index is 12.7. The Morgan fingerprint density at radius 2 is 1.82 bits per heavy atom. The number of aromatic nitrogens is 2. The van der Waals surface area contributed by atoms with Gasteiger partial charge in [0.1, 0.15) is 15.7 Å². The van der Waals surface area contributed by atoms with Gasteiger partial charge in [-0.25, -0.2) is 9.97 Å². The summed E-state index contributed by atoms with van der Waals surface area (Å²) in [5.41, 5.74) is 5.75. The van der Waals surface area contributed by atoms with Crippen LogP contribution in [0.1, 0.15) is 45.8 Å². The minimum absolute atomic E-state index is 0.00793. The SMILES string of the molecule is Cc1cc(C)c(NC(=O)CSc2nc(C)nc3sc4c(c23)CCCC4)c(C)c1. The van der Waals surface area contributed by atoms with Crippen molar-refractivity contribution >= 4 is 44.9 Å². The van der Waals surface area contributed by atoms with Gasteiger partial charge in [-0.1, -0.05) is 29.5 Å². The van der Waals surface area contributed by atoms with Crippen molar-refractivity contribution in [2.24, 2.45) is 0 Å². The lowest BCUT2D eigenvalue weighted by Crippen LogP contribution is -2.16. The Bertz CT molecular complexity index is 1050. The zero-order chi connectivity index (χ0) is 19.8. The number of nitrogens with one attached hydrogen (secondary N) is 1. The maximum Gasteiger partial charge on any atom is 0.234 e. The largest absolute Gasteiger partial charge is 0.325 e. The monoisotopic (exact) mass is 411 g/mol. The van der Waals surface area contributed by atoms with Crippen LogP contribution in [0.25, 0.3) is 10.2 Å². The topological polar surface area (TPSA) is 54.9 Å². The number of carbonyl (C=O) groups is 1. The van der Waals surface area contributed by atoms with Crippen LogP contribution in [-0.4, -0.2) is 21.6 Å². The zero-order valence-corrected chi connectivity index (χ0v) is 18.4. The van der Waals surface area contributed by atoms with Crippen LogP contribution in [0.15, 0.2) is 17.2 Å². The Hall–Kier alpha value is -1.92. The average Bonchev–Trinajstić information content (AvgIpc) is 3.00. The van der Waals surface area contributed by atoms with E-state index in [0.29, 0.717) is 5.75 Å². The molecule has 1 aromatic carbocycles. The molecular formula is C22H25N3OS2. The first-order chi connectivity index (χ1) is 13.4. The number of thiophene rings is 1. The van der Waals surface area contributed by atoms with Gasteiger partial charge < -0.3 is 5.32 Å². The van der Waals surface area contributed by atoms with Crippen LogP contribution in [0.3, 0.4) is 0 Å². The third-order valence-corrected chi connectivity index (χ3v) is 7.34. The first kappa shape index (κ1) is 19.4. The molecule has 0 spiro atoms. The average molecular weight is 412 g/mol. The van der Waals surface area contributed by atoms with Crippen LogP contribution < -0.4 is 5.32 Å². The predicted molar refractivity (Wildman–Crippen MR) is 119 cm³/mol. The van der Waals surface area contributed by atoms with E-state index >= 15 is 0 Å². The lowest BCUT2D eigenvalue weighted by Gasteiger charge is -2.13. The molecule has 2 aromatic heterocycles. The van der Waals surface area contributed by atoms with E-state index in [2.05, 4.69) is 34.3 Å². The molecule has 0 aliphatic heterocycles. The van der Waals surface area contributed by atoms with Crippen molar-refractivity contribution in [3.63, 3.8) is 0 Å². The number of fused-ring (bicyclic) bond motifs is 3. The molecule has 1 aliphatic rings. The van der Waals surface area contributed by atoms with Crippen LogP contribution in [0, 0.1) is 27.7 Å². The second-order valence-electron chi connectivity index (χ2n) is 7.58. The molecule has 0 saturated heterocycles. The predicted octanol–water partition coefficient (Wildman–Crippen LogP) is 5.53. The molecule has 1 amide bonds. The molecule has 146 valence electrons. The highest BCUT2D eigenvalue weighted by atomic mass is 32.2. The summed E-state index contributed by atoms with van der Waals surface area (Å²) in [6, 6.07) is 4.20. The quantitative estimate of drug-likeness (QED) is 0.453. The Morgan fingerprint density at radius 1 is 1.11 bits per heavy atom. The first-order valence-electron chi connectivity index (χ1n) is 9.71. The highest BCUT2D eigenvalue weighted by Gasteiger charge is 2.21. The number of hydrogen-bond donors (Lipinski definition) is 1. The van der Waals surface area contributed by atoms with Crippen molar-refractivity contribution in [2.75, 3.05) is 11.1 Å². The van der Waals surface area contributed by atoms with Gasteiger partial charge in [0, 0.05) is 16.0 Å². The lowest BCUT2D eigenvalue weighted by atomic mass is 9.97.